The second-order valence-electron chi connectivity index (χ2n) is 4.34. The number of nitro benzene ring substituents is 1. The van der Waals surface area contributed by atoms with Gasteiger partial charge in [0, 0.05) is 12.1 Å². The maximum Gasteiger partial charge on any atom is 0.352 e. The molecule has 0 aliphatic heterocycles. The lowest BCUT2D eigenvalue weighted by Gasteiger charge is -2.12. The van der Waals surface area contributed by atoms with E-state index in [1.807, 2.05) is 0 Å². The summed E-state index contributed by atoms with van der Waals surface area (Å²) in [5.74, 6) is -1.02. The van der Waals surface area contributed by atoms with Crippen LogP contribution in [0.1, 0.15) is 10.4 Å². The molecule has 0 amide bonds. The average molecular weight is 319 g/mol. The fourth-order valence-corrected chi connectivity index (χ4v) is 1.97. The normalized spacial score (nSPS) is 10.0. The minimum atomic E-state index is -1.15. The van der Waals surface area contributed by atoms with Crippen LogP contribution in [0.4, 0.5) is 5.69 Å². The Morgan fingerprint density at radius 1 is 1.09 bits per heavy atom. The first-order valence-electron chi connectivity index (χ1n) is 6.38. The molecule has 0 atom stereocenters. The fourth-order valence-electron chi connectivity index (χ4n) is 1.97. The predicted octanol–water partition coefficient (Wildman–Crippen LogP) is 3.10. The first kappa shape index (κ1) is 16.1. The molecule has 0 fully saturated rings. The van der Waals surface area contributed by atoms with Gasteiger partial charge < -0.3 is 19.3 Å². The van der Waals surface area contributed by atoms with E-state index in [9.17, 15) is 14.9 Å². The molecule has 2 rings (SSSR count). The van der Waals surface area contributed by atoms with E-state index >= 15 is 0 Å². The zero-order valence-corrected chi connectivity index (χ0v) is 12.3. The summed E-state index contributed by atoms with van der Waals surface area (Å²) in [7, 11) is 2.55. The maximum atomic E-state index is 11.2. The third-order valence-corrected chi connectivity index (χ3v) is 2.98. The van der Waals surface area contributed by atoms with E-state index in [1.165, 1.54) is 38.5 Å². The number of nitro groups is 1. The monoisotopic (exact) mass is 319 g/mol. The lowest BCUT2D eigenvalue weighted by Crippen LogP contribution is -2.01. The van der Waals surface area contributed by atoms with Gasteiger partial charge in [0.05, 0.1) is 19.1 Å². The number of hydrogen-bond donors (Lipinski definition) is 1. The van der Waals surface area contributed by atoms with Crippen molar-refractivity contribution in [2.45, 2.75) is 0 Å². The first-order valence-corrected chi connectivity index (χ1v) is 6.38. The third kappa shape index (κ3) is 3.31. The molecule has 0 aliphatic carbocycles. The number of carbonyl (C=O) groups is 1. The summed E-state index contributed by atoms with van der Waals surface area (Å²) >= 11 is 0. The Kier molecular flexibility index (Phi) is 4.65. The Morgan fingerprint density at radius 2 is 1.65 bits per heavy atom. The molecule has 8 nitrogen and oxygen atoms in total. The molecule has 8 heteroatoms. The highest BCUT2D eigenvalue weighted by Gasteiger charge is 2.24. The average Bonchev–Trinajstić information content (AvgIpc) is 2.53. The number of aromatic carboxylic acids is 1. The lowest BCUT2D eigenvalue weighted by molar-refractivity contribution is -0.386. The molecule has 0 bridgehead atoms. The SMILES string of the molecule is COc1cc(Oc2ccccc2C(=O)O)cc(OC)c1[N+](=O)[O-]. The zero-order valence-electron chi connectivity index (χ0n) is 12.3. The number of methoxy groups -OCH3 is 2. The van der Waals surface area contributed by atoms with Crippen molar-refractivity contribution < 1.29 is 29.0 Å². The van der Waals surface area contributed by atoms with Crippen molar-refractivity contribution in [2.75, 3.05) is 14.2 Å². The summed E-state index contributed by atoms with van der Waals surface area (Å²) in [4.78, 5) is 21.7. The highest BCUT2D eigenvalue weighted by molar-refractivity contribution is 5.90. The number of carboxylic acid groups (broad SMARTS) is 1. The molecular weight excluding hydrogens is 306 g/mol. The van der Waals surface area contributed by atoms with Gasteiger partial charge in [0.25, 0.3) is 0 Å². The molecular formula is C15H13NO7. The Balaban J connectivity index is 2.50. The number of benzene rings is 2. The second-order valence-corrected chi connectivity index (χ2v) is 4.34. The van der Waals surface area contributed by atoms with Crippen molar-refractivity contribution in [1.82, 2.24) is 0 Å². The summed E-state index contributed by atoms with van der Waals surface area (Å²) in [5, 5.41) is 20.2. The van der Waals surface area contributed by atoms with Crippen LogP contribution in [-0.2, 0) is 0 Å². The van der Waals surface area contributed by atoms with Crippen molar-refractivity contribution in [3.05, 3.63) is 52.1 Å². The number of carboxylic acids is 1. The third-order valence-electron chi connectivity index (χ3n) is 2.98. The van der Waals surface area contributed by atoms with E-state index in [2.05, 4.69) is 0 Å². The number of rotatable bonds is 6. The van der Waals surface area contributed by atoms with Crippen LogP contribution in [0.5, 0.6) is 23.0 Å². The Labute approximate surface area is 131 Å². The topological polar surface area (TPSA) is 108 Å². The Morgan fingerprint density at radius 3 is 2.13 bits per heavy atom. The first-order chi connectivity index (χ1) is 11.0. The summed E-state index contributed by atoms with van der Waals surface area (Å²) in [5.41, 5.74) is -0.377. The van der Waals surface area contributed by atoms with E-state index in [0.29, 0.717) is 0 Å². The van der Waals surface area contributed by atoms with Gasteiger partial charge in [-0.25, -0.2) is 4.79 Å². The molecule has 2 aromatic carbocycles. The Hall–Kier alpha value is -3.29. The molecule has 0 saturated heterocycles. The smallest absolute Gasteiger partial charge is 0.352 e. The summed E-state index contributed by atoms with van der Waals surface area (Å²) in [6.07, 6.45) is 0. The molecule has 0 aliphatic rings. The lowest BCUT2D eigenvalue weighted by atomic mass is 10.2. The van der Waals surface area contributed by atoms with Crippen molar-refractivity contribution in [3.63, 3.8) is 0 Å². The number of ether oxygens (including phenoxy) is 3. The molecule has 0 spiro atoms. The van der Waals surface area contributed by atoms with Gasteiger partial charge >= 0.3 is 11.7 Å². The zero-order chi connectivity index (χ0) is 17.0. The van der Waals surface area contributed by atoms with Crippen LogP contribution in [0.15, 0.2) is 36.4 Å². The van der Waals surface area contributed by atoms with Crippen molar-refractivity contribution >= 4 is 11.7 Å². The molecule has 1 N–H and O–H groups in total. The van der Waals surface area contributed by atoms with Crippen LogP contribution >= 0.6 is 0 Å². The molecule has 23 heavy (non-hydrogen) atoms. The van der Waals surface area contributed by atoms with Crippen LogP contribution < -0.4 is 14.2 Å². The van der Waals surface area contributed by atoms with Crippen molar-refractivity contribution in [3.8, 4) is 23.0 Å². The van der Waals surface area contributed by atoms with E-state index in [1.54, 1.807) is 12.1 Å². The molecule has 0 aromatic heterocycles. The van der Waals surface area contributed by atoms with E-state index in [0.717, 1.165) is 0 Å². The van der Waals surface area contributed by atoms with E-state index in [4.69, 9.17) is 19.3 Å². The van der Waals surface area contributed by atoms with E-state index < -0.39 is 10.9 Å². The highest BCUT2D eigenvalue weighted by Crippen LogP contribution is 2.41. The van der Waals surface area contributed by atoms with Gasteiger partial charge in [-0.15, -0.1) is 0 Å². The molecule has 2 aromatic rings. The number of nitrogens with zero attached hydrogens (tertiary/aromatic N) is 1. The molecule has 0 unspecified atom stereocenters. The quantitative estimate of drug-likeness (QED) is 0.643. The minimum absolute atomic E-state index is 0.0382. The van der Waals surface area contributed by atoms with Crippen LogP contribution in [0.3, 0.4) is 0 Å². The number of hydrogen-bond acceptors (Lipinski definition) is 6. The Bertz CT molecular complexity index is 732. The summed E-state index contributed by atoms with van der Waals surface area (Å²) < 4.78 is 15.5. The van der Waals surface area contributed by atoms with Gasteiger partial charge in [-0.3, -0.25) is 10.1 Å². The summed E-state index contributed by atoms with van der Waals surface area (Å²) in [6.45, 7) is 0. The van der Waals surface area contributed by atoms with Crippen molar-refractivity contribution in [1.29, 1.82) is 0 Å². The molecule has 0 saturated carbocycles. The van der Waals surface area contributed by atoms with Gasteiger partial charge in [0.15, 0.2) is 0 Å². The fraction of sp³-hybridized carbons (Fsp3) is 0.133. The molecule has 120 valence electrons. The van der Waals surface area contributed by atoms with Crippen molar-refractivity contribution in [2.24, 2.45) is 0 Å². The van der Waals surface area contributed by atoms with Gasteiger partial charge in [0.2, 0.25) is 11.5 Å². The van der Waals surface area contributed by atoms with Gasteiger partial charge in [-0.05, 0) is 12.1 Å². The molecule has 0 radical (unpaired) electrons. The standard InChI is InChI=1S/C15H13NO7/c1-21-12-7-9(8-13(22-2)14(12)16(19)20)23-11-6-4-3-5-10(11)15(17)18/h3-8H,1-2H3,(H,17,18). The number of para-hydroxylation sites is 1. The van der Waals surface area contributed by atoms with Gasteiger partial charge in [0.1, 0.15) is 17.1 Å². The molecule has 0 heterocycles. The predicted molar refractivity (Wildman–Crippen MR) is 79.7 cm³/mol. The van der Waals surface area contributed by atoms with Gasteiger partial charge in [-0.2, -0.15) is 0 Å². The van der Waals surface area contributed by atoms with Crippen LogP contribution in [0, 0.1) is 10.1 Å². The maximum absolute atomic E-state index is 11.2. The largest absolute Gasteiger partial charge is 0.490 e. The second kappa shape index (κ2) is 6.65. The van der Waals surface area contributed by atoms with Crippen LogP contribution in [-0.4, -0.2) is 30.2 Å². The van der Waals surface area contributed by atoms with Crippen LogP contribution in [0.25, 0.3) is 0 Å². The minimum Gasteiger partial charge on any atom is -0.490 e. The summed E-state index contributed by atoms with van der Waals surface area (Å²) in [6, 6.07) is 8.62. The van der Waals surface area contributed by atoms with Crippen LogP contribution in [0.2, 0.25) is 0 Å². The highest BCUT2D eigenvalue weighted by atomic mass is 16.6. The van der Waals surface area contributed by atoms with Gasteiger partial charge in [-0.1, -0.05) is 12.1 Å². The van der Waals surface area contributed by atoms with E-state index in [-0.39, 0.29) is 34.2 Å².